The van der Waals surface area contributed by atoms with Crippen LogP contribution in [0.4, 0.5) is 6.01 Å². The van der Waals surface area contributed by atoms with Gasteiger partial charge in [0.1, 0.15) is 0 Å². The van der Waals surface area contributed by atoms with Crippen molar-refractivity contribution < 1.29 is 12.8 Å². The Kier molecular flexibility index (Phi) is 2.75. The fraction of sp³-hybridized carbons (Fsp3) is 0.286. The van der Waals surface area contributed by atoms with E-state index in [1.165, 1.54) is 13.8 Å². The monoisotopic (exact) mass is 276 g/mol. The zero-order valence-corrected chi connectivity index (χ0v) is 10.5. The topological polar surface area (TPSA) is 118 Å². The molecule has 0 aliphatic rings. The summed E-state index contributed by atoms with van der Waals surface area (Å²) < 4.78 is 30.6. The normalized spacial score (nSPS) is 11.6. The summed E-state index contributed by atoms with van der Waals surface area (Å²) >= 11 is 0.596. The first-order valence-corrected chi connectivity index (χ1v) is 6.71. The summed E-state index contributed by atoms with van der Waals surface area (Å²) in [5.41, 5.74) is 0.267. The molecule has 0 saturated carbocycles. The zero-order valence-electron chi connectivity index (χ0n) is 8.84. The summed E-state index contributed by atoms with van der Waals surface area (Å²) in [6.45, 7) is 3.02. The van der Waals surface area contributed by atoms with E-state index >= 15 is 0 Å². The first-order chi connectivity index (χ1) is 7.88. The molecule has 2 heterocycles. The van der Waals surface area contributed by atoms with Gasteiger partial charge in [0.05, 0.1) is 0 Å². The highest BCUT2D eigenvalue weighted by atomic mass is 32.2. The van der Waals surface area contributed by atoms with Crippen LogP contribution in [0.5, 0.6) is 0 Å². The predicted molar refractivity (Wildman–Crippen MR) is 59.5 cm³/mol. The van der Waals surface area contributed by atoms with Gasteiger partial charge in [-0.15, -0.1) is 5.10 Å². The Labute approximate surface area is 99.8 Å². The van der Waals surface area contributed by atoms with E-state index < -0.39 is 14.9 Å². The molecular weight excluding hydrogens is 268 g/mol. The van der Waals surface area contributed by atoms with Gasteiger partial charge in [0.15, 0.2) is 4.21 Å². The number of aryl methyl sites for hydroxylation is 2. The molecule has 17 heavy (non-hydrogen) atoms. The zero-order chi connectivity index (χ0) is 12.6. The molecule has 2 aromatic rings. The molecule has 0 amide bonds. The van der Waals surface area contributed by atoms with Crippen molar-refractivity contribution in [2.45, 2.75) is 18.1 Å². The largest absolute Gasteiger partial charge is 0.408 e. The number of nitrogens with one attached hydrogen (secondary N) is 2. The van der Waals surface area contributed by atoms with E-state index in [2.05, 4.69) is 19.9 Å². The molecule has 2 aromatic heterocycles. The first-order valence-electron chi connectivity index (χ1n) is 4.41. The average Bonchev–Trinajstić information content (AvgIpc) is 2.72. The van der Waals surface area contributed by atoms with E-state index in [4.69, 9.17) is 4.42 Å². The van der Waals surface area contributed by atoms with Gasteiger partial charge in [0.2, 0.25) is 5.89 Å². The molecule has 2 N–H and O–H groups in total. The highest BCUT2D eigenvalue weighted by Gasteiger charge is 2.22. The Balaban J connectivity index is 2.37. The van der Waals surface area contributed by atoms with E-state index in [9.17, 15) is 13.2 Å². The first kappa shape index (κ1) is 11.8. The molecule has 0 saturated heterocycles. The quantitative estimate of drug-likeness (QED) is 0.828. The fourth-order valence-electron chi connectivity index (χ4n) is 1.15. The van der Waals surface area contributed by atoms with Gasteiger partial charge in [-0.3, -0.25) is 4.79 Å². The van der Waals surface area contributed by atoms with Gasteiger partial charge in [-0.2, -0.15) is 0 Å². The SMILES string of the molecule is Cc1nnc(NS(=O)(=O)c2sc(=O)[nH]c2C)o1. The van der Waals surface area contributed by atoms with E-state index in [1.807, 2.05) is 0 Å². The summed E-state index contributed by atoms with van der Waals surface area (Å²) in [4.78, 5) is 13.0. The summed E-state index contributed by atoms with van der Waals surface area (Å²) in [5, 5.41) is 6.98. The molecule has 0 atom stereocenters. The Bertz CT molecular complexity index is 696. The summed E-state index contributed by atoms with van der Waals surface area (Å²) in [6.07, 6.45) is 0. The van der Waals surface area contributed by atoms with Crippen molar-refractivity contribution in [3.63, 3.8) is 0 Å². The lowest BCUT2D eigenvalue weighted by molar-refractivity contribution is 0.534. The third-order valence-corrected chi connectivity index (χ3v) is 4.70. The molecule has 0 aromatic carbocycles. The van der Waals surface area contributed by atoms with Gasteiger partial charge in [-0.1, -0.05) is 16.4 Å². The van der Waals surface area contributed by atoms with E-state index in [1.54, 1.807) is 0 Å². The van der Waals surface area contributed by atoms with Crippen LogP contribution in [0.15, 0.2) is 13.4 Å². The summed E-state index contributed by atoms with van der Waals surface area (Å²) in [6, 6.07) is -0.234. The maximum Gasteiger partial charge on any atom is 0.329 e. The molecule has 0 spiro atoms. The second-order valence-electron chi connectivity index (χ2n) is 3.16. The van der Waals surface area contributed by atoms with Crippen molar-refractivity contribution >= 4 is 27.4 Å². The van der Waals surface area contributed by atoms with Crippen LogP contribution in [-0.4, -0.2) is 23.6 Å². The molecule has 0 bridgehead atoms. The van der Waals surface area contributed by atoms with E-state index in [0.29, 0.717) is 11.3 Å². The summed E-state index contributed by atoms with van der Waals surface area (Å²) in [7, 11) is -3.87. The van der Waals surface area contributed by atoms with Gasteiger partial charge in [-0.25, -0.2) is 13.1 Å². The van der Waals surface area contributed by atoms with Gasteiger partial charge in [0, 0.05) is 12.6 Å². The van der Waals surface area contributed by atoms with Crippen LogP contribution in [0.25, 0.3) is 0 Å². The van der Waals surface area contributed by atoms with Crippen molar-refractivity contribution in [1.29, 1.82) is 0 Å². The Morgan fingerprint density at radius 3 is 2.53 bits per heavy atom. The molecule has 0 fully saturated rings. The van der Waals surface area contributed by atoms with Crippen LogP contribution < -0.4 is 9.60 Å². The minimum atomic E-state index is -3.87. The number of hydrogen-bond acceptors (Lipinski definition) is 7. The Hall–Kier alpha value is -1.68. The third-order valence-electron chi connectivity index (χ3n) is 1.77. The molecule has 0 unspecified atom stereocenters. The minimum absolute atomic E-state index is 0.0987. The number of nitrogens with zero attached hydrogens (tertiary/aromatic N) is 2. The molecule has 92 valence electrons. The van der Waals surface area contributed by atoms with Crippen LogP contribution in [-0.2, 0) is 10.0 Å². The second-order valence-corrected chi connectivity index (χ2v) is 6.02. The van der Waals surface area contributed by atoms with Gasteiger partial charge in [0.25, 0.3) is 10.0 Å². The van der Waals surface area contributed by atoms with E-state index in [0.717, 1.165) is 0 Å². The lowest BCUT2D eigenvalue weighted by Gasteiger charge is -2.01. The number of thiazole rings is 1. The number of aromatic nitrogens is 3. The Morgan fingerprint density at radius 1 is 1.35 bits per heavy atom. The van der Waals surface area contributed by atoms with Crippen LogP contribution in [0.1, 0.15) is 11.6 Å². The lowest BCUT2D eigenvalue weighted by atomic mass is 10.6. The molecule has 10 heteroatoms. The van der Waals surface area contributed by atoms with Crippen LogP contribution >= 0.6 is 11.3 Å². The highest BCUT2D eigenvalue weighted by Crippen LogP contribution is 2.19. The predicted octanol–water partition coefficient (Wildman–Crippen LogP) is 0.237. The van der Waals surface area contributed by atoms with Gasteiger partial charge >= 0.3 is 10.9 Å². The van der Waals surface area contributed by atoms with Crippen LogP contribution in [0.3, 0.4) is 0 Å². The van der Waals surface area contributed by atoms with E-state index in [-0.39, 0.29) is 21.8 Å². The minimum Gasteiger partial charge on any atom is -0.408 e. The molecule has 0 aliphatic carbocycles. The van der Waals surface area contributed by atoms with Gasteiger partial charge < -0.3 is 9.40 Å². The third kappa shape index (κ3) is 2.36. The van der Waals surface area contributed by atoms with Crippen molar-refractivity contribution in [2.24, 2.45) is 0 Å². The molecule has 8 nitrogen and oxygen atoms in total. The fourth-order valence-corrected chi connectivity index (χ4v) is 3.37. The van der Waals surface area contributed by atoms with Crippen LogP contribution in [0.2, 0.25) is 0 Å². The molecular formula is C7H8N4O4S2. The smallest absolute Gasteiger partial charge is 0.329 e. The highest BCUT2D eigenvalue weighted by molar-refractivity contribution is 7.94. The second kappa shape index (κ2) is 3.96. The number of aromatic amines is 1. The lowest BCUT2D eigenvalue weighted by Crippen LogP contribution is -2.12. The number of anilines is 1. The van der Waals surface area contributed by atoms with Crippen molar-refractivity contribution in [1.82, 2.24) is 15.2 Å². The number of H-pyrrole nitrogens is 1. The maximum absolute atomic E-state index is 11.9. The summed E-state index contributed by atoms with van der Waals surface area (Å²) in [5.74, 6) is 0.238. The number of sulfonamides is 1. The molecule has 0 radical (unpaired) electrons. The Morgan fingerprint density at radius 2 is 2.06 bits per heavy atom. The van der Waals surface area contributed by atoms with Crippen molar-refractivity contribution in [3.8, 4) is 0 Å². The maximum atomic E-state index is 11.9. The van der Waals surface area contributed by atoms with Crippen molar-refractivity contribution in [3.05, 3.63) is 21.3 Å². The molecule has 2 rings (SSSR count). The number of rotatable bonds is 3. The number of hydrogen-bond donors (Lipinski definition) is 2. The average molecular weight is 276 g/mol. The molecule has 0 aliphatic heterocycles. The van der Waals surface area contributed by atoms with Crippen LogP contribution in [0, 0.1) is 13.8 Å². The van der Waals surface area contributed by atoms with Crippen molar-refractivity contribution in [2.75, 3.05) is 4.72 Å². The van der Waals surface area contributed by atoms with Gasteiger partial charge in [-0.05, 0) is 6.92 Å². The standard InChI is InChI=1S/C7H8N4O4S2/c1-3-5(16-7(12)8-3)17(13,14)11-6-10-9-4(2)15-6/h1-2H3,(H,8,12)(H,10,11).